The number of nitrogens with two attached hydrogens (primary N) is 1. The van der Waals surface area contributed by atoms with E-state index in [4.69, 9.17) is 10.8 Å². The molecule has 0 spiro atoms. The lowest BCUT2D eigenvalue weighted by atomic mass is 10.0. The van der Waals surface area contributed by atoms with Crippen molar-refractivity contribution in [2.45, 2.75) is 45.6 Å². The van der Waals surface area contributed by atoms with Crippen molar-refractivity contribution < 1.29 is 14.7 Å². The summed E-state index contributed by atoms with van der Waals surface area (Å²) in [5.74, 6) is -1.03. The lowest BCUT2D eigenvalue weighted by Gasteiger charge is -2.13. The van der Waals surface area contributed by atoms with Crippen molar-refractivity contribution in [1.82, 2.24) is 0 Å². The van der Waals surface area contributed by atoms with E-state index >= 15 is 0 Å². The number of nitrogens with one attached hydrogen (secondary N) is 1. The van der Waals surface area contributed by atoms with Crippen molar-refractivity contribution in [3.63, 3.8) is 0 Å². The fourth-order valence-corrected chi connectivity index (χ4v) is 2.08. The van der Waals surface area contributed by atoms with E-state index < -0.39 is 5.97 Å². The van der Waals surface area contributed by atoms with Crippen LogP contribution in [-0.2, 0) is 16.0 Å². The van der Waals surface area contributed by atoms with Crippen molar-refractivity contribution in [2.24, 2.45) is 11.7 Å². The van der Waals surface area contributed by atoms with Gasteiger partial charge in [0.25, 0.3) is 0 Å². The van der Waals surface area contributed by atoms with Gasteiger partial charge in [0.15, 0.2) is 0 Å². The van der Waals surface area contributed by atoms with E-state index in [9.17, 15) is 9.59 Å². The van der Waals surface area contributed by atoms with Crippen LogP contribution in [0, 0.1) is 5.92 Å². The zero-order valence-electron chi connectivity index (χ0n) is 12.6. The first-order valence-corrected chi connectivity index (χ1v) is 7.25. The Morgan fingerprint density at radius 1 is 1.29 bits per heavy atom. The largest absolute Gasteiger partial charge is 0.481 e. The molecule has 0 radical (unpaired) electrons. The van der Waals surface area contributed by atoms with Crippen molar-refractivity contribution in [2.75, 3.05) is 5.32 Å². The molecule has 1 aromatic carbocycles. The normalized spacial score (nSPS) is 13.5. The molecule has 0 saturated carbocycles. The molecule has 116 valence electrons. The first-order valence-electron chi connectivity index (χ1n) is 7.25. The second kappa shape index (κ2) is 8.42. The number of hydrogen-bond donors (Lipinski definition) is 3. The Kier molecular flexibility index (Phi) is 6.88. The Balaban J connectivity index is 2.51. The monoisotopic (exact) mass is 292 g/mol. The van der Waals surface area contributed by atoms with Crippen LogP contribution in [0.15, 0.2) is 24.3 Å². The molecule has 0 aliphatic heterocycles. The highest BCUT2D eigenvalue weighted by Crippen LogP contribution is 2.15. The summed E-state index contributed by atoms with van der Waals surface area (Å²) in [4.78, 5) is 22.7. The second-order valence-corrected chi connectivity index (χ2v) is 5.57. The molecule has 0 saturated heterocycles. The predicted octanol–water partition coefficient (Wildman–Crippen LogP) is 2.41. The lowest BCUT2D eigenvalue weighted by molar-refractivity contribution is -0.136. The van der Waals surface area contributed by atoms with Crippen molar-refractivity contribution in [3.05, 3.63) is 29.8 Å². The molecule has 2 unspecified atom stereocenters. The molecule has 1 rings (SSSR count). The summed E-state index contributed by atoms with van der Waals surface area (Å²) in [6.07, 6.45) is 2.58. The summed E-state index contributed by atoms with van der Waals surface area (Å²) >= 11 is 0. The molecule has 0 heterocycles. The van der Waals surface area contributed by atoms with Gasteiger partial charge in [0, 0.05) is 17.6 Å². The average Bonchev–Trinajstić information content (AvgIpc) is 2.37. The van der Waals surface area contributed by atoms with Gasteiger partial charge in [-0.1, -0.05) is 25.5 Å². The molecule has 0 aliphatic carbocycles. The van der Waals surface area contributed by atoms with E-state index in [1.165, 1.54) is 0 Å². The van der Waals surface area contributed by atoms with Gasteiger partial charge >= 0.3 is 5.97 Å². The van der Waals surface area contributed by atoms with Crippen LogP contribution >= 0.6 is 0 Å². The third-order valence-electron chi connectivity index (χ3n) is 3.29. The van der Waals surface area contributed by atoms with Crippen LogP contribution in [0.3, 0.4) is 0 Å². The molecule has 0 bridgehead atoms. The third-order valence-corrected chi connectivity index (χ3v) is 3.29. The minimum Gasteiger partial charge on any atom is -0.481 e. The Bertz CT molecular complexity index is 486. The molecular weight excluding hydrogens is 268 g/mol. The fourth-order valence-electron chi connectivity index (χ4n) is 2.08. The van der Waals surface area contributed by atoms with E-state index in [2.05, 4.69) is 5.32 Å². The van der Waals surface area contributed by atoms with E-state index in [1.54, 1.807) is 24.3 Å². The maximum Gasteiger partial charge on any atom is 0.307 e. The van der Waals surface area contributed by atoms with E-state index in [-0.39, 0.29) is 24.3 Å². The van der Waals surface area contributed by atoms with Gasteiger partial charge < -0.3 is 16.2 Å². The quantitative estimate of drug-likeness (QED) is 0.686. The number of carboxylic acid groups (broad SMARTS) is 1. The van der Waals surface area contributed by atoms with Crippen molar-refractivity contribution >= 4 is 17.6 Å². The van der Waals surface area contributed by atoms with Crippen LogP contribution in [0.1, 0.15) is 38.7 Å². The summed E-state index contributed by atoms with van der Waals surface area (Å²) in [6.45, 7) is 3.84. The average molecular weight is 292 g/mol. The number of rotatable bonds is 8. The van der Waals surface area contributed by atoms with Gasteiger partial charge in [-0.05, 0) is 37.5 Å². The maximum atomic E-state index is 12.1. The van der Waals surface area contributed by atoms with Gasteiger partial charge in [-0.3, -0.25) is 9.59 Å². The first kappa shape index (κ1) is 17.2. The van der Waals surface area contributed by atoms with Gasteiger partial charge in [0.05, 0.1) is 6.42 Å². The molecule has 1 amide bonds. The zero-order valence-corrected chi connectivity index (χ0v) is 12.6. The first-order chi connectivity index (χ1) is 9.88. The van der Waals surface area contributed by atoms with Gasteiger partial charge in [0.2, 0.25) is 5.91 Å². The van der Waals surface area contributed by atoms with Crippen molar-refractivity contribution in [1.29, 1.82) is 0 Å². The van der Waals surface area contributed by atoms with E-state index in [0.717, 1.165) is 19.3 Å². The van der Waals surface area contributed by atoms with Gasteiger partial charge in [0.1, 0.15) is 0 Å². The Hall–Kier alpha value is -1.88. The summed E-state index contributed by atoms with van der Waals surface area (Å²) < 4.78 is 0. The number of carbonyl (C=O) groups excluding carboxylic acids is 1. The highest BCUT2D eigenvalue weighted by Gasteiger charge is 2.13. The number of hydrogen-bond acceptors (Lipinski definition) is 3. The predicted molar refractivity (Wildman–Crippen MR) is 83.1 cm³/mol. The maximum absolute atomic E-state index is 12.1. The van der Waals surface area contributed by atoms with Crippen LogP contribution in [0.5, 0.6) is 0 Å². The molecule has 4 N–H and O–H groups in total. The summed E-state index contributed by atoms with van der Waals surface area (Å²) in [5, 5.41) is 11.6. The molecule has 0 fully saturated rings. The highest BCUT2D eigenvalue weighted by molar-refractivity contribution is 5.92. The van der Waals surface area contributed by atoms with Gasteiger partial charge in [-0.25, -0.2) is 0 Å². The highest BCUT2D eigenvalue weighted by atomic mass is 16.4. The van der Waals surface area contributed by atoms with E-state index in [0.29, 0.717) is 11.3 Å². The van der Waals surface area contributed by atoms with Crippen molar-refractivity contribution in [3.8, 4) is 0 Å². The summed E-state index contributed by atoms with van der Waals surface area (Å²) in [6, 6.07) is 7.09. The number of benzene rings is 1. The van der Waals surface area contributed by atoms with Crippen LogP contribution in [0.25, 0.3) is 0 Å². The third kappa shape index (κ3) is 6.90. The fraction of sp³-hybridized carbons (Fsp3) is 0.500. The number of carbonyl (C=O) groups is 2. The second-order valence-electron chi connectivity index (χ2n) is 5.57. The Morgan fingerprint density at radius 2 is 2.00 bits per heavy atom. The number of anilines is 1. The molecule has 21 heavy (non-hydrogen) atoms. The molecule has 5 heteroatoms. The molecule has 0 aliphatic rings. The minimum absolute atomic E-state index is 0.0480. The van der Waals surface area contributed by atoms with Crippen LogP contribution < -0.4 is 11.1 Å². The molecule has 1 aromatic rings. The number of aliphatic carboxylic acids is 1. The van der Waals surface area contributed by atoms with E-state index in [1.807, 2.05) is 13.8 Å². The molecular formula is C16H24N2O3. The van der Waals surface area contributed by atoms with Crippen LogP contribution in [0.2, 0.25) is 0 Å². The lowest BCUT2D eigenvalue weighted by Crippen LogP contribution is -2.21. The minimum atomic E-state index is -0.886. The van der Waals surface area contributed by atoms with Gasteiger partial charge in [-0.2, -0.15) is 0 Å². The molecule has 2 atom stereocenters. The number of carboxylic acids is 1. The number of amides is 1. The Labute approximate surface area is 125 Å². The standard InChI is InChI=1S/C16H24N2O3/c1-11(5-3-6-12(2)17)16(21)18-14-8-4-7-13(9-14)10-15(19)20/h4,7-9,11-12H,3,5-6,10,17H2,1-2H3,(H,18,21)(H,19,20). The van der Waals surface area contributed by atoms with Gasteiger partial charge in [-0.15, -0.1) is 0 Å². The zero-order chi connectivity index (χ0) is 15.8. The topological polar surface area (TPSA) is 92.4 Å². The molecule has 5 nitrogen and oxygen atoms in total. The Morgan fingerprint density at radius 3 is 2.62 bits per heavy atom. The van der Waals surface area contributed by atoms with Crippen LogP contribution in [-0.4, -0.2) is 23.0 Å². The molecule has 0 aromatic heterocycles. The summed E-state index contributed by atoms with van der Waals surface area (Å²) in [7, 11) is 0. The van der Waals surface area contributed by atoms with Crippen LogP contribution in [0.4, 0.5) is 5.69 Å². The summed E-state index contributed by atoms with van der Waals surface area (Å²) in [5.41, 5.74) is 6.99. The smallest absolute Gasteiger partial charge is 0.307 e. The SMILES string of the molecule is CC(N)CCCC(C)C(=O)Nc1cccc(CC(=O)O)c1.